The van der Waals surface area contributed by atoms with E-state index in [0.29, 0.717) is 68.1 Å². The Labute approximate surface area is 286 Å². The van der Waals surface area contributed by atoms with E-state index in [1.54, 1.807) is 39.9 Å². The van der Waals surface area contributed by atoms with Crippen molar-refractivity contribution in [2.24, 2.45) is 0 Å². The number of hydrogen-bond acceptors (Lipinski definition) is 11. The van der Waals surface area contributed by atoms with E-state index in [4.69, 9.17) is 15.6 Å². The summed E-state index contributed by atoms with van der Waals surface area (Å²) < 4.78 is 45.4. The molecule has 2 aliphatic rings. The maximum Gasteiger partial charge on any atom is 0.264 e. The number of hydrogen-bond donors (Lipinski definition) is 1. The third-order valence-corrected chi connectivity index (χ3v) is 9.62. The maximum absolute atomic E-state index is 15.7. The summed E-state index contributed by atoms with van der Waals surface area (Å²) in [5.74, 6) is 0.0943. The molecule has 13 nitrogen and oxygen atoms in total. The van der Waals surface area contributed by atoms with Gasteiger partial charge in [0.25, 0.3) is 5.91 Å². The van der Waals surface area contributed by atoms with E-state index in [1.165, 1.54) is 12.4 Å². The van der Waals surface area contributed by atoms with Crippen molar-refractivity contribution in [3.8, 4) is 28.8 Å². The van der Waals surface area contributed by atoms with Crippen molar-refractivity contribution >= 4 is 33.8 Å². The molecule has 0 aliphatic carbocycles. The van der Waals surface area contributed by atoms with Crippen LogP contribution in [0.5, 0.6) is 11.5 Å². The molecule has 0 bridgehead atoms. The van der Waals surface area contributed by atoms with Gasteiger partial charge in [-0.25, -0.2) is 19.0 Å². The zero-order valence-electron chi connectivity index (χ0n) is 27.3. The first-order valence-electron chi connectivity index (χ1n) is 16.0. The molecule has 4 aromatic rings. The van der Waals surface area contributed by atoms with Crippen LogP contribution < -0.4 is 10.5 Å². The molecule has 2 fully saturated rings. The number of halogens is 1. The highest BCUT2D eigenvalue weighted by atomic mass is 32.2. The van der Waals surface area contributed by atoms with Crippen molar-refractivity contribution in [2.75, 3.05) is 50.9 Å². The third kappa shape index (κ3) is 7.47. The Hall–Kier alpha value is -4.75. The van der Waals surface area contributed by atoms with Crippen LogP contribution in [-0.4, -0.2) is 99.8 Å². The second-order valence-corrected chi connectivity index (χ2v) is 13.6. The zero-order chi connectivity index (χ0) is 34.7. The number of nitriles is 1. The van der Waals surface area contributed by atoms with Gasteiger partial charge in [0.05, 0.1) is 17.3 Å². The molecule has 0 spiro atoms. The Morgan fingerprint density at radius 3 is 2.59 bits per heavy atom. The van der Waals surface area contributed by atoms with Gasteiger partial charge in [-0.05, 0) is 68.1 Å². The van der Waals surface area contributed by atoms with Crippen molar-refractivity contribution in [3.05, 3.63) is 72.3 Å². The fourth-order valence-corrected chi connectivity index (χ4v) is 7.07. The summed E-state index contributed by atoms with van der Waals surface area (Å²) in [6, 6.07) is 15.4. The highest BCUT2D eigenvalue weighted by Gasteiger charge is 2.33. The van der Waals surface area contributed by atoms with Crippen molar-refractivity contribution < 1.29 is 22.7 Å². The number of nitrogens with zero attached hydrogens (tertiary/aromatic N) is 8. The molecular formula is C34H37FN9O4S-. The lowest BCUT2D eigenvalue weighted by Gasteiger charge is -2.43. The number of piperidine rings is 1. The quantitative estimate of drug-likeness (QED) is 0.154. The Morgan fingerprint density at radius 1 is 1.14 bits per heavy atom. The molecule has 2 aliphatic heterocycles. The average Bonchev–Trinajstić information content (AvgIpc) is 3.48. The highest BCUT2D eigenvalue weighted by molar-refractivity contribution is 7.79. The molecule has 4 heterocycles. The van der Waals surface area contributed by atoms with Gasteiger partial charge >= 0.3 is 0 Å². The molecule has 256 valence electrons. The van der Waals surface area contributed by atoms with Gasteiger partial charge in [0.1, 0.15) is 46.8 Å². The van der Waals surface area contributed by atoms with E-state index >= 15 is 4.39 Å². The molecular weight excluding hydrogens is 649 g/mol. The Morgan fingerprint density at radius 2 is 1.90 bits per heavy atom. The number of ether oxygens (including phenoxy) is 1. The Kier molecular flexibility index (Phi) is 10.0. The zero-order valence-corrected chi connectivity index (χ0v) is 28.1. The number of amides is 1. The van der Waals surface area contributed by atoms with Gasteiger partial charge in [-0.1, -0.05) is 18.2 Å². The number of aromatic nitrogens is 4. The van der Waals surface area contributed by atoms with E-state index < -0.39 is 22.4 Å². The summed E-state index contributed by atoms with van der Waals surface area (Å²) in [4.78, 5) is 28.0. The lowest BCUT2D eigenvalue weighted by atomic mass is 9.96. The summed E-state index contributed by atoms with van der Waals surface area (Å²) in [7, 11) is 0. The predicted molar refractivity (Wildman–Crippen MR) is 181 cm³/mol. The van der Waals surface area contributed by atoms with Gasteiger partial charge in [0.2, 0.25) is 0 Å². The summed E-state index contributed by atoms with van der Waals surface area (Å²) in [5.41, 5.74) is 6.62. The normalized spacial score (nSPS) is 18.7. The van der Waals surface area contributed by atoms with Gasteiger partial charge in [-0.3, -0.25) is 18.8 Å². The minimum Gasteiger partial charge on any atom is -0.771 e. The number of rotatable bonds is 9. The fraction of sp³-hybridized carbons (Fsp3) is 0.382. The lowest BCUT2D eigenvalue weighted by molar-refractivity contribution is -0.128. The van der Waals surface area contributed by atoms with Crippen LogP contribution in [0.1, 0.15) is 32.7 Å². The monoisotopic (exact) mass is 686 g/mol. The van der Waals surface area contributed by atoms with Crippen LogP contribution >= 0.6 is 0 Å². The number of benzene rings is 2. The molecule has 6 rings (SSSR count). The molecule has 2 aromatic carbocycles. The molecule has 2 saturated heterocycles. The van der Waals surface area contributed by atoms with Crippen LogP contribution in [0, 0.1) is 17.1 Å². The van der Waals surface area contributed by atoms with E-state index in [-0.39, 0.29) is 47.0 Å². The molecule has 2 atom stereocenters. The SMILES string of the molecule is CC(C)(C=C(C#N)C(=O)N1CCC[C@@H](n2nc(-c3ccc(Oc4ccccc4)cc3F)c3c(N)ncnc32)C1)N1CCN(CS(=O)[O-])CC1. The first kappa shape index (κ1) is 34.1. The minimum atomic E-state index is -2.15. The molecule has 2 aromatic heterocycles. The van der Waals surface area contributed by atoms with Crippen LogP contribution in [0.15, 0.2) is 66.5 Å². The van der Waals surface area contributed by atoms with Crippen molar-refractivity contribution in [1.82, 2.24) is 34.4 Å². The number of nitrogen functional groups attached to an aromatic ring is 1. The second kappa shape index (κ2) is 14.4. The molecule has 2 N–H and O–H groups in total. The number of para-hydroxylation sites is 1. The van der Waals surface area contributed by atoms with Crippen LogP contribution in [0.4, 0.5) is 10.2 Å². The number of nitrogens with two attached hydrogens (primary N) is 1. The Balaban J connectivity index is 1.23. The summed E-state index contributed by atoms with van der Waals surface area (Å²) >= 11 is -2.15. The first-order valence-corrected chi connectivity index (χ1v) is 17.3. The molecule has 0 radical (unpaired) electrons. The number of anilines is 1. The van der Waals surface area contributed by atoms with E-state index in [2.05, 4.69) is 20.9 Å². The summed E-state index contributed by atoms with van der Waals surface area (Å²) in [5, 5.41) is 15.3. The van der Waals surface area contributed by atoms with Gasteiger partial charge in [0.15, 0.2) is 5.65 Å². The molecule has 0 saturated carbocycles. The van der Waals surface area contributed by atoms with Crippen molar-refractivity contribution in [2.45, 2.75) is 38.3 Å². The molecule has 1 amide bonds. The van der Waals surface area contributed by atoms with Gasteiger partial charge in [-0.15, -0.1) is 0 Å². The number of piperazine rings is 1. The second-order valence-electron chi connectivity index (χ2n) is 12.7. The standard InChI is InChI=1S/C34H38FN9O4S/c1-34(2,43-15-13-41(14-16-43)22-49(46)47)18-23(19-36)33(45)42-12-6-7-24(20-42)44-32-29(31(37)38-21-39-32)30(40-44)27-11-10-26(17-28(27)35)48-25-8-4-3-5-9-25/h3-5,8-11,17-18,21,24H,6-7,12-16,20,22H2,1-2H3,(H,46,47)(H2,37,38,39)/p-1/t24-/m1/s1. The molecule has 49 heavy (non-hydrogen) atoms. The van der Waals surface area contributed by atoms with E-state index in [9.17, 15) is 18.8 Å². The smallest absolute Gasteiger partial charge is 0.264 e. The summed E-state index contributed by atoms with van der Waals surface area (Å²) in [6.45, 7) is 6.94. The maximum atomic E-state index is 15.7. The van der Waals surface area contributed by atoms with Crippen LogP contribution in [0.3, 0.4) is 0 Å². The highest BCUT2D eigenvalue weighted by Crippen LogP contribution is 2.36. The van der Waals surface area contributed by atoms with Crippen LogP contribution in [0.2, 0.25) is 0 Å². The van der Waals surface area contributed by atoms with Crippen molar-refractivity contribution in [1.29, 1.82) is 5.26 Å². The fourth-order valence-electron chi connectivity index (χ4n) is 6.51. The first-order chi connectivity index (χ1) is 23.5. The third-order valence-electron chi connectivity index (χ3n) is 9.05. The number of likely N-dealkylation sites (tertiary alicyclic amines) is 1. The predicted octanol–water partition coefficient (Wildman–Crippen LogP) is 3.85. The topological polar surface area (TPSA) is 170 Å². The van der Waals surface area contributed by atoms with E-state index in [0.717, 1.165) is 0 Å². The molecule has 1 unspecified atom stereocenters. The summed E-state index contributed by atoms with van der Waals surface area (Å²) in [6.07, 6.45) is 4.35. The van der Waals surface area contributed by atoms with Crippen LogP contribution in [-0.2, 0) is 15.9 Å². The largest absolute Gasteiger partial charge is 0.771 e. The van der Waals surface area contributed by atoms with Gasteiger partial charge in [0, 0.05) is 56.4 Å². The van der Waals surface area contributed by atoms with Crippen molar-refractivity contribution in [3.63, 3.8) is 0 Å². The number of carbonyl (C=O) groups is 1. The minimum absolute atomic E-state index is 0.0151. The van der Waals surface area contributed by atoms with Gasteiger partial charge in [-0.2, -0.15) is 10.4 Å². The van der Waals surface area contributed by atoms with E-state index in [1.807, 2.05) is 36.9 Å². The Bertz CT molecular complexity index is 1940. The number of carbonyl (C=O) groups excluding carboxylic acids is 1. The molecule has 15 heteroatoms. The average molecular weight is 687 g/mol. The van der Waals surface area contributed by atoms with Crippen LogP contribution in [0.25, 0.3) is 22.3 Å². The number of fused-ring (bicyclic) bond motifs is 1. The lowest BCUT2D eigenvalue weighted by Crippen LogP contribution is -2.54. The van der Waals surface area contributed by atoms with Gasteiger partial charge < -0.3 is 19.9 Å².